The van der Waals surface area contributed by atoms with Gasteiger partial charge in [-0.15, -0.1) is 0 Å². The van der Waals surface area contributed by atoms with Crippen LogP contribution in [0.3, 0.4) is 0 Å². The van der Waals surface area contributed by atoms with Gasteiger partial charge in [-0.1, -0.05) is 20.8 Å². The lowest BCUT2D eigenvalue weighted by atomic mass is 9.72. The van der Waals surface area contributed by atoms with E-state index in [-0.39, 0.29) is 17.5 Å². The zero-order chi connectivity index (χ0) is 15.3. The standard InChI is InChI=1S/C16H26F2O2/c1-4-11(9-15(17)18)13(19)10-14(20)12-5-7-16(2,3)8-6-12/h10-12,15,20H,4-9H2,1-3H3/b14-10-. The number of ketones is 1. The molecule has 0 aliphatic heterocycles. The van der Waals surface area contributed by atoms with Gasteiger partial charge >= 0.3 is 0 Å². The minimum Gasteiger partial charge on any atom is -0.512 e. The highest BCUT2D eigenvalue weighted by Crippen LogP contribution is 2.40. The highest BCUT2D eigenvalue weighted by Gasteiger charge is 2.29. The molecule has 0 heterocycles. The summed E-state index contributed by atoms with van der Waals surface area (Å²) in [6.45, 7) is 6.12. The third-order valence-electron chi connectivity index (χ3n) is 4.41. The van der Waals surface area contributed by atoms with Crippen LogP contribution in [0.2, 0.25) is 0 Å². The third kappa shape index (κ3) is 5.22. The van der Waals surface area contributed by atoms with E-state index in [1.165, 1.54) is 6.08 Å². The van der Waals surface area contributed by atoms with Crippen LogP contribution in [0.1, 0.15) is 59.3 Å². The summed E-state index contributed by atoms with van der Waals surface area (Å²) in [6, 6.07) is 0. The molecule has 0 aromatic carbocycles. The molecule has 4 heteroatoms. The maximum Gasteiger partial charge on any atom is 0.239 e. The minimum absolute atomic E-state index is 0.0102. The van der Waals surface area contributed by atoms with Crippen LogP contribution < -0.4 is 0 Å². The molecule has 0 spiro atoms. The fourth-order valence-electron chi connectivity index (χ4n) is 2.78. The number of allylic oxidation sites excluding steroid dienone is 2. The van der Waals surface area contributed by atoms with Crippen LogP contribution in [0.25, 0.3) is 0 Å². The van der Waals surface area contributed by atoms with Gasteiger partial charge < -0.3 is 5.11 Å². The molecule has 2 nitrogen and oxygen atoms in total. The summed E-state index contributed by atoms with van der Waals surface area (Å²) in [5.74, 6) is -0.957. The quantitative estimate of drug-likeness (QED) is 0.558. The first-order valence-corrected chi connectivity index (χ1v) is 7.47. The Balaban J connectivity index is 2.61. The van der Waals surface area contributed by atoms with E-state index < -0.39 is 18.8 Å². The number of carbonyl (C=O) groups excluding carboxylic acids is 1. The summed E-state index contributed by atoms with van der Waals surface area (Å²) in [5, 5.41) is 10.0. The number of carbonyl (C=O) groups is 1. The molecule has 1 atom stereocenters. The topological polar surface area (TPSA) is 37.3 Å². The summed E-state index contributed by atoms with van der Waals surface area (Å²) in [7, 11) is 0. The molecule has 1 unspecified atom stereocenters. The fraction of sp³-hybridized carbons (Fsp3) is 0.812. The fourth-order valence-corrected chi connectivity index (χ4v) is 2.78. The molecule has 20 heavy (non-hydrogen) atoms. The van der Waals surface area contributed by atoms with Crippen molar-refractivity contribution in [3.05, 3.63) is 11.8 Å². The molecule has 0 aromatic heterocycles. The van der Waals surface area contributed by atoms with Gasteiger partial charge in [-0.2, -0.15) is 0 Å². The van der Waals surface area contributed by atoms with E-state index in [9.17, 15) is 18.7 Å². The van der Waals surface area contributed by atoms with E-state index in [0.717, 1.165) is 25.7 Å². The Morgan fingerprint density at radius 3 is 2.35 bits per heavy atom. The lowest BCUT2D eigenvalue weighted by Gasteiger charge is -2.33. The zero-order valence-corrected chi connectivity index (χ0v) is 12.7. The Bertz CT molecular complexity index is 351. The third-order valence-corrected chi connectivity index (χ3v) is 4.41. The molecular formula is C16H26F2O2. The smallest absolute Gasteiger partial charge is 0.239 e. The molecular weight excluding hydrogens is 262 g/mol. The summed E-state index contributed by atoms with van der Waals surface area (Å²) < 4.78 is 24.7. The monoisotopic (exact) mass is 288 g/mol. The van der Waals surface area contributed by atoms with E-state index in [1.807, 2.05) is 0 Å². The number of halogens is 2. The summed E-state index contributed by atoms with van der Waals surface area (Å²) in [6.07, 6.45) is 2.41. The Hall–Kier alpha value is -0.930. The van der Waals surface area contributed by atoms with E-state index in [1.54, 1.807) is 6.92 Å². The highest BCUT2D eigenvalue weighted by molar-refractivity contribution is 5.92. The van der Waals surface area contributed by atoms with Crippen LogP contribution in [0, 0.1) is 17.3 Å². The van der Waals surface area contributed by atoms with E-state index in [0.29, 0.717) is 11.8 Å². The summed E-state index contributed by atoms with van der Waals surface area (Å²) >= 11 is 0. The predicted octanol–water partition coefficient (Wildman–Crippen LogP) is 4.90. The van der Waals surface area contributed by atoms with Crippen molar-refractivity contribution in [2.75, 3.05) is 0 Å². The first kappa shape index (κ1) is 17.1. The number of aliphatic hydroxyl groups excluding tert-OH is 1. The van der Waals surface area contributed by atoms with Crippen molar-refractivity contribution in [2.24, 2.45) is 17.3 Å². The highest BCUT2D eigenvalue weighted by atomic mass is 19.3. The molecule has 1 rings (SSSR count). The molecule has 0 amide bonds. The van der Waals surface area contributed by atoms with Crippen molar-refractivity contribution in [2.45, 2.75) is 65.7 Å². The second-order valence-corrected chi connectivity index (χ2v) is 6.64. The minimum atomic E-state index is -2.48. The van der Waals surface area contributed by atoms with Gasteiger partial charge in [0, 0.05) is 24.3 Å². The van der Waals surface area contributed by atoms with Crippen molar-refractivity contribution in [1.29, 1.82) is 0 Å². The molecule has 1 fully saturated rings. The number of hydrogen-bond acceptors (Lipinski definition) is 2. The largest absolute Gasteiger partial charge is 0.512 e. The van der Waals surface area contributed by atoms with Gasteiger partial charge in [-0.25, -0.2) is 8.78 Å². The van der Waals surface area contributed by atoms with Gasteiger partial charge in [0.2, 0.25) is 6.43 Å². The molecule has 116 valence electrons. The Morgan fingerprint density at radius 1 is 1.35 bits per heavy atom. The Kier molecular flexibility index (Phi) is 6.15. The molecule has 0 aromatic rings. The van der Waals surface area contributed by atoms with E-state index in [4.69, 9.17) is 0 Å². The Morgan fingerprint density at radius 2 is 1.90 bits per heavy atom. The second-order valence-electron chi connectivity index (χ2n) is 6.64. The first-order valence-electron chi connectivity index (χ1n) is 7.47. The molecule has 0 saturated heterocycles. The maximum absolute atomic E-state index is 12.4. The maximum atomic E-state index is 12.4. The molecule has 1 N–H and O–H groups in total. The SMILES string of the molecule is CCC(CC(F)F)C(=O)/C=C(\O)C1CCC(C)(C)CC1. The molecule has 0 bridgehead atoms. The number of hydrogen-bond donors (Lipinski definition) is 1. The average Bonchev–Trinajstić information content (AvgIpc) is 2.35. The molecule has 1 aliphatic carbocycles. The average molecular weight is 288 g/mol. The van der Waals surface area contributed by atoms with Crippen molar-refractivity contribution in [3.8, 4) is 0 Å². The van der Waals surface area contributed by atoms with Crippen molar-refractivity contribution >= 4 is 5.78 Å². The lowest BCUT2D eigenvalue weighted by molar-refractivity contribution is -0.119. The second kappa shape index (κ2) is 7.19. The van der Waals surface area contributed by atoms with Gasteiger partial charge in [0.15, 0.2) is 5.78 Å². The normalized spacial score (nSPS) is 22.0. The van der Waals surface area contributed by atoms with Crippen molar-refractivity contribution in [3.63, 3.8) is 0 Å². The number of alkyl halides is 2. The lowest BCUT2D eigenvalue weighted by Crippen LogP contribution is -2.23. The van der Waals surface area contributed by atoms with Crippen LogP contribution in [-0.4, -0.2) is 17.3 Å². The molecule has 1 saturated carbocycles. The molecule has 1 aliphatic rings. The van der Waals surface area contributed by atoms with Crippen LogP contribution in [-0.2, 0) is 4.79 Å². The first-order chi connectivity index (χ1) is 9.25. The van der Waals surface area contributed by atoms with Crippen LogP contribution in [0.4, 0.5) is 8.78 Å². The van der Waals surface area contributed by atoms with Gasteiger partial charge in [0.25, 0.3) is 0 Å². The van der Waals surface area contributed by atoms with Crippen LogP contribution in [0.5, 0.6) is 0 Å². The van der Waals surface area contributed by atoms with Gasteiger partial charge in [0.05, 0.1) is 5.76 Å². The summed E-state index contributed by atoms with van der Waals surface area (Å²) in [5.41, 5.74) is 0.294. The van der Waals surface area contributed by atoms with Crippen molar-refractivity contribution < 1.29 is 18.7 Å². The number of aliphatic hydroxyl groups is 1. The van der Waals surface area contributed by atoms with Crippen molar-refractivity contribution in [1.82, 2.24) is 0 Å². The van der Waals surface area contributed by atoms with E-state index >= 15 is 0 Å². The zero-order valence-electron chi connectivity index (χ0n) is 12.7. The van der Waals surface area contributed by atoms with Crippen LogP contribution in [0.15, 0.2) is 11.8 Å². The van der Waals surface area contributed by atoms with Gasteiger partial charge in [0.1, 0.15) is 0 Å². The summed E-state index contributed by atoms with van der Waals surface area (Å²) in [4.78, 5) is 11.9. The Labute approximate surface area is 120 Å². The number of rotatable bonds is 6. The van der Waals surface area contributed by atoms with Gasteiger partial charge in [-0.3, -0.25) is 4.79 Å². The van der Waals surface area contributed by atoms with E-state index in [2.05, 4.69) is 13.8 Å². The predicted molar refractivity (Wildman–Crippen MR) is 75.9 cm³/mol. The molecule has 0 radical (unpaired) electrons. The van der Waals surface area contributed by atoms with Gasteiger partial charge in [-0.05, 0) is 37.5 Å². The van der Waals surface area contributed by atoms with Crippen LogP contribution >= 0.6 is 0 Å².